The first kappa shape index (κ1) is 35.9. The zero-order valence-electron chi connectivity index (χ0n) is 29.7. The van der Waals surface area contributed by atoms with Crippen molar-refractivity contribution in [2.24, 2.45) is 5.92 Å². The average molecular weight is 743 g/mol. The van der Waals surface area contributed by atoms with E-state index in [1.165, 1.54) is 16.2 Å². The number of anilines is 1. The van der Waals surface area contributed by atoms with Crippen molar-refractivity contribution in [2.75, 3.05) is 11.9 Å². The summed E-state index contributed by atoms with van der Waals surface area (Å²) in [5.41, 5.74) is -0.203. The smallest absolute Gasteiger partial charge is 0.408 e. The fourth-order valence-corrected chi connectivity index (χ4v) is 7.55. The Hall–Kier alpha value is -5.45. The van der Waals surface area contributed by atoms with Crippen LogP contribution in [0.5, 0.6) is 5.88 Å². The van der Waals surface area contributed by atoms with Gasteiger partial charge in [-0.25, -0.2) is 14.8 Å². The van der Waals surface area contributed by atoms with Crippen LogP contribution in [0, 0.1) is 5.92 Å². The van der Waals surface area contributed by atoms with Gasteiger partial charge < -0.3 is 25.0 Å². The predicted molar refractivity (Wildman–Crippen MR) is 195 cm³/mol. The Balaban J connectivity index is 1.21. The van der Waals surface area contributed by atoms with Crippen LogP contribution in [-0.2, 0) is 19.1 Å². The molecule has 1 aliphatic carbocycles. The summed E-state index contributed by atoms with van der Waals surface area (Å²) in [6, 6.07) is 9.31. The van der Waals surface area contributed by atoms with E-state index in [1.807, 2.05) is 53.9 Å². The second-order valence-corrected chi connectivity index (χ2v) is 15.5. The molecule has 3 aromatic heterocycles. The molecule has 5 atom stereocenters. The Morgan fingerprint density at radius 2 is 1.87 bits per heavy atom. The molecule has 0 bridgehead atoms. The van der Waals surface area contributed by atoms with Gasteiger partial charge in [0.15, 0.2) is 0 Å². The maximum atomic E-state index is 14.5. The second kappa shape index (κ2) is 14.9. The van der Waals surface area contributed by atoms with Gasteiger partial charge in [0.2, 0.25) is 17.7 Å². The number of H-pyrrole nitrogens is 1. The van der Waals surface area contributed by atoms with Gasteiger partial charge in [-0.1, -0.05) is 48.3 Å². The molecule has 1 saturated heterocycles. The number of allylic oxidation sites excluding steroid dienone is 1. The summed E-state index contributed by atoms with van der Waals surface area (Å²) in [6.07, 6.45) is 6.40. The van der Waals surface area contributed by atoms with Gasteiger partial charge >= 0.3 is 6.09 Å². The Bertz CT molecular complexity index is 2000. The summed E-state index contributed by atoms with van der Waals surface area (Å²) < 4.78 is 12.1. The van der Waals surface area contributed by atoms with Gasteiger partial charge in [-0.3, -0.25) is 19.7 Å². The minimum Gasteiger partial charge on any atom is -0.471 e. The second-order valence-electron chi connectivity index (χ2n) is 14.6. The number of aromatic amines is 1. The number of carbonyl (C=O) groups is 4. The van der Waals surface area contributed by atoms with Crippen LogP contribution in [0.1, 0.15) is 65.7 Å². The van der Waals surface area contributed by atoms with E-state index in [4.69, 9.17) is 19.4 Å². The predicted octanol–water partition coefficient (Wildman–Crippen LogP) is 4.15. The van der Waals surface area contributed by atoms with Gasteiger partial charge in [0.05, 0.1) is 22.5 Å². The highest BCUT2D eigenvalue weighted by molar-refractivity contribution is 7.13. The maximum absolute atomic E-state index is 14.5. The number of nitrogens with one attached hydrogen (secondary N) is 4. The van der Waals surface area contributed by atoms with Crippen molar-refractivity contribution >= 4 is 52.1 Å². The zero-order chi connectivity index (χ0) is 37.2. The molecule has 2 aliphatic heterocycles. The van der Waals surface area contributed by atoms with Gasteiger partial charge in [-0.05, 0) is 75.2 Å². The van der Waals surface area contributed by atoms with Crippen LogP contribution in [0.15, 0.2) is 53.9 Å². The van der Waals surface area contributed by atoms with E-state index in [0.717, 1.165) is 24.1 Å². The molecule has 4 N–H and O–H groups in total. The lowest BCUT2D eigenvalue weighted by atomic mass is 10.0. The summed E-state index contributed by atoms with van der Waals surface area (Å²) >= 11 is 1.49. The summed E-state index contributed by atoms with van der Waals surface area (Å²) in [5, 5.41) is 23.8. The topological polar surface area (TPSA) is 206 Å². The number of hydrogen-bond acceptors (Lipinski definition) is 12. The number of thiophene rings is 1. The van der Waals surface area contributed by atoms with Crippen molar-refractivity contribution in [3.8, 4) is 16.5 Å². The molecule has 2 fully saturated rings. The quantitative estimate of drug-likeness (QED) is 0.207. The van der Waals surface area contributed by atoms with E-state index in [0.29, 0.717) is 36.0 Å². The number of nitrogens with zero attached hydrogens (tertiary/aromatic N) is 6. The number of benzene rings is 1. The summed E-state index contributed by atoms with van der Waals surface area (Å²) in [7, 11) is 0. The Labute approximate surface area is 309 Å². The highest BCUT2D eigenvalue weighted by Crippen LogP contribution is 2.46. The van der Waals surface area contributed by atoms with Crippen LogP contribution in [-0.4, -0.2) is 95.2 Å². The molecule has 1 saturated carbocycles. The lowest BCUT2D eigenvalue weighted by molar-refractivity contribution is -0.141. The standard InChI is InChI=1S/C36H42N10O6S/c1-35(2,3)52-34(50)39-25-15-8-6-4-5-7-12-21-19-36(21,32(49)40-33-42-44-45-43-33)41-29(47)26-18-22(20-46(26)31(25)48)51-30-28(27-16-11-17-53-27)37-23-13-9-10-14-24(23)38-30/h7,9-14,16-17,21-22,25-26H,4-6,8,15,18-20H2,1-3H3,(H,39,50)(H,41,47)(H2,40,42,43,44,45,49)/b12-7-/t21-,22+,25-,26-,36+/m0/s1. The van der Waals surface area contributed by atoms with Crippen molar-refractivity contribution in [3.05, 3.63) is 53.9 Å². The molecule has 278 valence electrons. The first-order valence-electron chi connectivity index (χ1n) is 17.8. The number of rotatable bonds is 6. The van der Waals surface area contributed by atoms with Crippen molar-refractivity contribution in [2.45, 2.75) is 95.0 Å². The minimum absolute atomic E-state index is 0.0210. The molecule has 0 spiro atoms. The van der Waals surface area contributed by atoms with Gasteiger partial charge in [0.1, 0.15) is 35.0 Å². The molecular formula is C36H42N10O6S. The third-order valence-corrected chi connectivity index (χ3v) is 10.4. The highest BCUT2D eigenvalue weighted by atomic mass is 32.1. The van der Waals surface area contributed by atoms with Crippen molar-refractivity contribution in [1.82, 2.24) is 46.1 Å². The molecule has 4 aromatic rings. The van der Waals surface area contributed by atoms with Gasteiger partial charge in [0.25, 0.3) is 11.9 Å². The average Bonchev–Trinajstić information content (AvgIpc) is 3.62. The lowest BCUT2D eigenvalue weighted by Crippen LogP contribution is -2.57. The zero-order valence-corrected chi connectivity index (χ0v) is 30.5. The molecule has 4 amide bonds. The first-order chi connectivity index (χ1) is 25.5. The number of para-hydroxylation sites is 2. The molecule has 0 unspecified atom stereocenters. The van der Waals surface area contributed by atoms with E-state index in [9.17, 15) is 19.2 Å². The SMILES string of the molecule is CC(C)(C)OC(=O)N[C@H]1CCCCC/C=C\[C@H]2C[C@@]2(C(=O)Nc2nn[nH]n2)NC(=O)[C@@H]2C[C@@H](Oc3nc4ccccc4nc3-c3cccs3)CN2C1=O. The molecular weight excluding hydrogens is 701 g/mol. The number of fused-ring (bicyclic) bond motifs is 3. The molecule has 16 nitrogen and oxygen atoms in total. The van der Waals surface area contributed by atoms with Crippen LogP contribution >= 0.6 is 11.3 Å². The van der Waals surface area contributed by atoms with Crippen LogP contribution in [0.3, 0.4) is 0 Å². The van der Waals surface area contributed by atoms with Crippen molar-refractivity contribution < 1.29 is 28.7 Å². The number of amides is 4. The molecule has 0 radical (unpaired) electrons. The van der Waals surface area contributed by atoms with Crippen LogP contribution in [0.4, 0.5) is 10.7 Å². The van der Waals surface area contributed by atoms with Gasteiger partial charge in [0, 0.05) is 12.3 Å². The number of carbonyl (C=O) groups excluding carboxylic acids is 4. The minimum atomic E-state index is -1.30. The lowest BCUT2D eigenvalue weighted by Gasteiger charge is -2.30. The number of ether oxygens (including phenoxy) is 2. The summed E-state index contributed by atoms with van der Waals surface area (Å²) in [5.74, 6) is -1.51. The van der Waals surface area contributed by atoms with E-state index in [2.05, 4.69) is 36.6 Å². The molecule has 3 aliphatic rings. The fraction of sp³-hybridized carbons (Fsp3) is 0.472. The molecule has 17 heteroatoms. The van der Waals surface area contributed by atoms with E-state index < -0.39 is 53.1 Å². The Morgan fingerprint density at radius 1 is 1.06 bits per heavy atom. The number of hydrogen-bond donors (Lipinski definition) is 4. The van der Waals surface area contributed by atoms with Crippen molar-refractivity contribution in [3.63, 3.8) is 0 Å². The summed E-state index contributed by atoms with van der Waals surface area (Å²) in [4.78, 5) is 67.6. The number of tetrazole rings is 1. The molecule has 1 aromatic carbocycles. The molecule has 5 heterocycles. The monoisotopic (exact) mass is 742 g/mol. The highest BCUT2D eigenvalue weighted by Gasteiger charge is 2.61. The maximum Gasteiger partial charge on any atom is 0.408 e. The third kappa shape index (κ3) is 8.14. The Kier molecular flexibility index (Phi) is 10.1. The number of alkyl carbamates (subject to hydrolysis) is 1. The summed E-state index contributed by atoms with van der Waals surface area (Å²) in [6.45, 7) is 5.26. The van der Waals surface area contributed by atoms with E-state index >= 15 is 0 Å². The van der Waals surface area contributed by atoms with Crippen LogP contribution in [0.25, 0.3) is 21.6 Å². The third-order valence-electron chi connectivity index (χ3n) is 9.48. The van der Waals surface area contributed by atoms with Crippen LogP contribution in [0.2, 0.25) is 0 Å². The van der Waals surface area contributed by atoms with Crippen molar-refractivity contribution in [1.29, 1.82) is 0 Å². The van der Waals surface area contributed by atoms with Gasteiger partial charge in [-0.2, -0.15) is 5.21 Å². The largest absolute Gasteiger partial charge is 0.471 e. The Morgan fingerprint density at radius 3 is 2.60 bits per heavy atom. The first-order valence-corrected chi connectivity index (χ1v) is 18.7. The molecule has 7 rings (SSSR count). The number of aromatic nitrogens is 6. The van der Waals surface area contributed by atoms with Crippen LogP contribution < -0.4 is 20.7 Å². The molecule has 53 heavy (non-hydrogen) atoms. The van der Waals surface area contributed by atoms with E-state index in [-0.39, 0.29) is 30.7 Å². The van der Waals surface area contributed by atoms with E-state index in [1.54, 1.807) is 20.8 Å². The van der Waals surface area contributed by atoms with Gasteiger partial charge in [-0.15, -0.1) is 16.4 Å². The fourth-order valence-electron chi connectivity index (χ4n) is 6.84. The normalized spacial score (nSPS) is 25.6.